The monoisotopic (exact) mass is 265 g/mol. The largest absolute Gasteiger partial charge is 0.373 e. The van der Waals surface area contributed by atoms with Gasteiger partial charge in [0, 0.05) is 19.8 Å². The van der Waals surface area contributed by atoms with E-state index in [-0.39, 0.29) is 0 Å². The van der Waals surface area contributed by atoms with Crippen molar-refractivity contribution in [1.29, 1.82) is 0 Å². The maximum atomic E-state index is 2.47. The Labute approximate surface area is 111 Å². The summed E-state index contributed by atoms with van der Waals surface area (Å²) >= 11 is 1.93. The van der Waals surface area contributed by atoms with Gasteiger partial charge in [0.15, 0.2) is 0 Å². The fourth-order valence-corrected chi connectivity index (χ4v) is 4.56. The Bertz CT molecular complexity index is 366. The minimum atomic E-state index is -1.15. The van der Waals surface area contributed by atoms with Crippen LogP contribution in [0.5, 0.6) is 0 Å². The smallest absolute Gasteiger partial charge is 0.0720 e. The van der Waals surface area contributed by atoms with Crippen molar-refractivity contribution in [3.8, 4) is 0 Å². The first-order valence-electron chi connectivity index (χ1n) is 5.95. The van der Waals surface area contributed by atoms with Crippen molar-refractivity contribution < 1.29 is 0 Å². The van der Waals surface area contributed by atoms with Crippen molar-refractivity contribution in [3.63, 3.8) is 0 Å². The topological polar surface area (TPSA) is 3.24 Å². The lowest BCUT2D eigenvalue weighted by atomic mass is 10.2. The van der Waals surface area contributed by atoms with E-state index >= 15 is 0 Å². The van der Waals surface area contributed by atoms with Crippen LogP contribution in [0.3, 0.4) is 0 Å². The number of nitrogens with zero attached hydrogens (tertiary/aromatic N) is 1. The van der Waals surface area contributed by atoms with Gasteiger partial charge in [-0.2, -0.15) is 0 Å². The number of hydrogen-bond acceptors (Lipinski definition) is 2. The lowest BCUT2D eigenvalue weighted by molar-refractivity contribution is 0.551. The van der Waals surface area contributed by atoms with E-state index in [9.17, 15) is 0 Å². The first-order valence-corrected chi connectivity index (χ1v) is 10.5. The Kier molecular flexibility index (Phi) is 5.34. The zero-order valence-electron chi connectivity index (χ0n) is 11.5. The van der Waals surface area contributed by atoms with Crippen molar-refractivity contribution in [1.82, 2.24) is 4.90 Å². The molecule has 0 aliphatic rings. The molecule has 0 heterocycles. The van der Waals surface area contributed by atoms with Gasteiger partial charge in [-0.05, 0) is 5.56 Å². The van der Waals surface area contributed by atoms with Crippen LogP contribution in [0.15, 0.2) is 41.1 Å². The van der Waals surface area contributed by atoms with E-state index in [1.54, 1.807) is 0 Å². The molecule has 0 amide bonds. The Morgan fingerprint density at radius 3 is 2.24 bits per heavy atom. The van der Waals surface area contributed by atoms with Crippen molar-refractivity contribution in [2.24, 2.45) is 0 Å². The number of hydrogen-bond donors (Lipinski definition) is 0. The van der Waals surface area contributed by atoms with E-state index in [4.69, 9.17) is 0 Å². The van der Waals surface area contributed by atoms with Gasteiger partial charge in [0.05, 0.1) is 13.1 Å². The predicted molar refractivity (Wildman–Crippen MR) is 82.9 cm³/mol. The number of rotatable bonds is 5. The van der Waals surface area contributed by atoms with Gasteiger partial charge in [-0.3, -0.25) is 0 Å². The highest BCUT2D eigenvalue weighted by atomic mass is 32.2. The van der Waals surface area contributed by atoms with E-state index < -0.39 is 8.07 Å². The summed E-state index contributed by atoms with van der Waals surface area (Å²) in [5, 5.41) is 1.40. The van der Waals surface area contributed by atoms with Crippen molar-refractivity contribution in [2.75, 3.05) is 14.1 Å². The molecule has 3 heteroatoms. The molecule has 0 unspecified atom stereocenters. The van der Waals surface area contributed by atoms with Crippen LogP contribution in [0.25, 0.3) is 0 Å². The SMILES string of the molecule is CN(C)/C(=C\[Si](C)(C)C)SCc1ccccc1. The third kappa shape index (κ3) is 5.98. The maximum Gasteiger partial charge on any atom is 0.0720 e. The molecule has 0 aliphatic heterocycles. The van der Waals surface area contributed by atoms with E-state index in [0.29, 0.717) is 0 Å². The van der Waals surface area contributed by atoms with E-state index in [1.165, 1.54) is 10.6 Å². The minimum Gasteiger partial charge on any atom is -0.373 e. The van der Waals surface area contributed by atoms with Crippen LogP contribution < -0.4 is 0 Å². The van der Waals surface area contributed by atoms with Crippen LogP contribution in [0.4, 0.5) is 0 Å². The second kappa shape index (κ2) is 6.31. The molecule has 94 valence electrons. The first kappa shape index (κ1) is 14.4. The Balaban J connectivity index is 2.67. The zero-order chi connectivity index (χ0) is 12.9. The molecule has 0 bridgehead atoms. The molecule has 0 aromatic heterocycles. The molecule has 1 rings (SSSR count). The van der Waals surface area contributed by atoms with Crippen LogP contribution in [-0.2, 0) is 5.75 Å². The summed E-state index contributed by atoms with van der Waals surface area (Å²) in [6, 6.07) is 10.7. The highest BCUT2D eigenvalue weighted by Crippen LogP contribution is 2.24. The second-order valence-electron chi connectivity index (χ2n) is 5.52. The van der Waals surface area contributed by atoms with Crippen molar-refractivity contribution >= 4 is 19.8 Å². The molecule has 0 radical (unpaired) electrons. The first-order chi connectivity index (χ1) is 7.88. The van der Waals surface area contributed by atoms with Gasteiger partial charge in [0.25, 0.3) is 0 Å². The molecule has 1 aromatic rings. The average Bonchev–Trinajstić information content (AvgIpc) is 2.24. The summed E-state index contributed by atoms with van der Waals surface area (Å²) in [5.74, 6) is 1.05. The van der Waals surface area contributed by atoms with Crippen LogP contribution in [-0.4, -0.2) is 27.1 Å². The molecular formula is C14H23NSSi. The molecular weight excluding hydrogens is 242 g/mol. The molecule has 17 heavy (non-hydrogen) atoms. The predicted octanol–water partition coefficient (Wildman–Crippen LogP) is 4.20. The fourth-order valence-electron chi connectivity index (χ4n) is 1.40. The molecule has 0 aliphatic carbocycles. The van der Waals surface area contributed by atoms with Gasteiger partial charge in [-0.15, -0.1) is 11.8 Å². The second-order valence-corrected chi connectivity index (χ2v) is 11.5. The number of benzene rings is 1. The summed E-state index contributed by atoms with van der Waals surface area (Å²) in [6.07, 6.45) is 0. The minimum absolute atomic E-state index is 1.05. The molecule has 0 saturated carbocycles. The molecule has 0 atom stereocenters. The molecule has 1 aromatic carbocycles. The normalized spacial score (nSPS) is 12.6. The molecule has 1 nitrogen and oxygen atoms in total. The van der Waals surface area contributed by atoms with Gasteiger partial charge in [-0.1, -0.05) is 55.7 Å². The third-order valence-electron chi connectivity index (χ3n) is 2.23. The molecule has 0 N–H and O–H groups in total. The average molecular weight is 265 g/mol. The molecule has 0 spiro atoms. The lowest BCUT2D eigenvalue weighted by Gasteiger charge is -2.21. The van der Waals surface area contributed by atoms with Crippen LogP contribution in [0.1, 0.15) is 5.56 Å². The summed E-state index contributed by atoms with van der Waals surface area (Å²) < 4.78 is 0. The van der Waals surface area contributed by atoms with Crippen molar-refractivity contribution in [2.45, 2.75) is 25.4 Å². The van der Waals surface area contributed by atoms with Gasteiger partial charge >= 0.3 is 0 Å². The zero-order valence-corrected chi connectivity index (χ0v) is 13.3. The number of thioether (sulfide) groups is 1. The van der Waals surface area contributed by atoms with Crippen LogP contribution in [0, 0.1) is 0 Å². The quantitative estimate of drug-likeness (QED) is 0.734. The summed E-state index contributed by atoms with van der Waals surface area (Å²) in [6.45, 7) is 7.12. The van der Waals surface area contributed by atoms with E-state index in [0.717, 1.165) is 5.75 Å². The van der Waals surface area contributed by atoms with Gasteiger partial charge < -0.3 is 4.90 Å². The third-order valence-corrected chi connectivity index (χ3v) is 4.83. The lowest BCUT2D eigenvalue weighted by Crippen LogP contribution is -2.20. The van der Waals surface area contributed by atoms with Gasteiger partial charge in [-0.25, -0.2) is 0 Å². The Morgan fingerprint density at radius 1 is 1.18 bits per heavy atom. The van der Waals surface area contributed by atoms with Crippen LogP contribution >= 0.6 is 11.8 Å². The highest BCUT2D eigenvalue weighted by Gasteiger charge is 2.12. The van der Waals surface area contributed by atoms with Gasteiger partial charge in [0.1, 0.15) is 0 Å². The Morgan fingerprint density at radius 2 is 1.76 bits per heavy atom. The van der Waals surface area contributed by atoms with Gasteiger partial charge in [0.2, 0.25) is 0 Å². The summed E-state index contributed by atoms with van der Waals surface area (Å²) in [5.41, 5.74) is 3.86. The summed E-state index contributed by atoms with van der Waals surface area (Å²) in [4.78, 5) is 2.23. The standard InChI is InChI=1S/C14H23NSSi/c1-15(2)14(12-17(3,4)5)16-11-13-9-7-6-8-10-13/h6-10,12H,11H2,1-5H3/b14-12+. The van der Waals surface area contributed by atoms with E-state index in [2.05, 4.69) is 74.7 Å². The molecule has 0 fully saturated rings. The fraction of sp³-hybridized carbons (Fsp3) is 0.429. The Hall–Kier alpha value is -0.673. The van der Waals surface area contributed by atoms with Crippen LogP contribution in [0.2, 0.25) is 19.6 Å². The molecule has 0 saturated heterocycles. The highest BCUT2D eigenvalue weighted by molar-refractivity contribution is 8.02. The van der Waals surface area contributed by atoms with E-state index in [1.807, 2.05) is 11.8 Å². The maximum absolute atomic E-state index is 2.47. The van der Waals surface area contributed by atoms with Crippen molar-refractivity contribution in [3.05, 3.63) is 46.6 Å². The summed E-state index contributed by atoms with van der Waals surface area (Å²) in [7, 11) is 3.11.